The second kappa shape index (κ2) is 16.0. The van der Waals surface area contributed by atoms with Gasteiger partial charge in [0.15, 0.2) is 18.9 Å². The molecule has 15 nitrogen and oxygen atoms in total. The average molecular weight is 795 g/mol. The number of allylic oxidation sites excluding steroid dienone is 1. The Morgan fingerprint density at radius 3 is 2.20 bits per heavy atom. The van der Waals surface area contributed by atoms with Crippen LogP contribution in [0.3, 0.4) is 0 Å². The van der Waals surface area contributed by atoms with E-state index in [1.807, 2.05) is 20.8 Å². The number of fused-ring (bicyclic) bond motifs is 3. The van der Waals surface area contributed by atoms with E-state index < -0.39 is 97.2 Å². The second-order valence-electron chi connectivity index (χ2n) is 17.7. The second-order valence-corrected chi connectivity index (χ2v) is 17.7. The number of hydrogen-bond acceptors (Lipinski definition) is 15. The Hall–Kier alpha value is -1.73. The van der Waals surface area contributed by atoms with Gasteiger partial charge in [0, 0.05) is 40.4 Å². The number of carbonyl (C=O) groups excluding carboxylic acids is 1. The number of aliphatic hydroxyl groups is 3. The van der Waals surface area contributed by atoms with E-state index in [1.54, 1.807) is 27.4 Å². The Bertz CT molecular complexity index is 1480. The summed E-state index contributed by atoms with van der Waals surface area (Å²) in [7, 11) is 3.16. The van der Waals surface area contributed by atoms with Crippen molar-refractivity contribution >= 4 is 5.97 Å². The van der Waals surface area contributed by atoms with Gasteiger partial charge in [0.05, 0.1) is 73.5 Å². The fourth-order valence-electron chi connectivity index (χ4n) is 11.1. The Labute approximate surface area is 329 Å². The quantitative estimate of drug-likeness (QED) is 0.241. The normalized spacial score (nSPS) is 51.9. The monoisotopic (exact) mass is 794 g/mol. The standard InChI is InChI=1S/C41H62O15/c1-19-36(44)29(46-6)14-34(50-19)55-37-20(2)51-32(13-26(37)42)56-38-21(3)52-33(15-30(38)47-7)53-28-12-23-9-10-24-25(40(23,4)16-27(28)43)11-8-22-17-48-41(5)35(22)31(18-49-41)54-39(24)45/h9,17,19-21,24-38,42-44H,8,10-16,18H2,1-7H3/t19-,20+,21+,24-,25-,26-,27+,28+,29+,30+,31+,32-,33-,34-,35+,36-,37+,38+,40-,41-/m0/s1. The molecule has 8 rings (SSSR count). The molecule has 5 saturated heterocycles. The number of methoxy groups -OCH3 is 2. The third-order valence-electron chi connectivity index (χ3n) is 14.2. The molecule has 0 spiro atoms. The summed E-state index contributed by atoms with van der Waals surface area (Å²) in [5, 5.41) is 33.2. The van der Waals surface area contributed by atoms with Gasteiger partial charge in [0.1, 0.15) is 24.4 Å². The summed E-state index contributed by atoms with van der Waals surface area (Å²) in [5.74, 6) is -1.40. The number of esters is 1. The van der Waals surface area contributed by atoms with E-state index in [0.29, 0.717) is 38.7 Å². The molecule has 1 saturated carbocycles. The number of carbonyl (C=O) groups is 1. The zero-order valence-electron chi connectivity index (χ0n) is 33.7. The van der Waals surface area contributed by atoms with Crippen molar-refractivity contribution in [2.45, 2.75) is 184 Å². The Morgan fingerprint density at radius 2 is 1.46 bits per heavy atom. The van der Waals surface area contributed by atoms with Gasteiger partial charge in [-0.2, -0.15) is 0 Å². The molecule has 0 aromatic heterocycles. The van der Waals surface area contributed by atoms with Crippen molar-refractivity contribution in [2.75, 3.05) is 20.8 Å². The molecule has 0 amide bonds. The van der Waals surface area contributed by atoms with Gasteiger partial charge in [-0.05, 0) is 69.8 Å². The molecule has 0 bridgehead atoms. The highest BCUT2D eigenvalue weighted by molar-refractivity contribution is 5.74. The van der Waals surface area contributed by atoms with Crippen LogP contribution in [-0.4, -0.2) is 140 Å². The summed E-state index contributed by atoms with van der Waals surface area (Å²) >= 11 is 0. The van der Waals surface area contributed by atoms with E-state index in [2.05, 4.69) is 13.0 Å². The first-order valence-corrected chi connectivity index (χ1v) is 20.6. The molecule has 0 unspecified atom stereocenters. The van der Waals surface area contributed by atoms with Gasteiger partial charge in [-0.15, -0.1) is 0 Å². The highest BCUT2D eigenvalue weighted by Crippen LogP contribution is 2.57. The van der Waals surface area contributed by atoms with Gasteiger partial charge >= 0.3 is 5.97 Å². The highest BCUT2D eigenvalue weighted by Gasteiger charge is 2.59. The lowest BCUT2D eigenvalue weighted by molar-refractivity contribution is -0.338. The van der Waals surface area contributed by atoms with E-state index in [-0.39, 0.29) is 36.2 Å². The van der Waals surface area contributed by atoms with Crippen LogP contribution in [0.2, 0.25) is 0 Å². The molecule has 56 heavy (non-hydrogen) atoms. The summed E-state index contributed by atoms with van der Waals surface area (Å²) in [6.45, 7) is 9.89. The molecule has 0 radical (unpaired) electrons. The predicted octanol–water partition coefficient (Wildman–Crippen LogP) is 3.00. The van der Waals surface area contributed by atoms with Crippen LogP contribution in [0.15, 0.2) is 23.5 Å². The fraction of sp³-hybridized carbons (Fsp3) is 0.878. The largest absolute Gasteiger partial charge is 0.469 e. The van der Waals surface area contributed by atoms with E-state index in [1.165, 1.54) is 5.57 Å². The van der Waals surface area contributed by atoms with Crippen molar-refractivity contribution in [3.8, 4) is 0 Å². The molecule has 15 heteroatoms. The molecule has 6 heterocycles. The van der Waals surface area contributed by atoms with Crippen LogP contribution >= 0.6 is 0 Å². The molecule has 0 aromatic carbocycles. The molecule has 20 atom stereocenters. The summed E-state index contributed by atoms with van der Waals surface area (Å²) in [6.07, 6.45) is -0.916. The minimum absolute atomic E-state index is 0.00811. The molecular formula is C41H62O15. The summed E-state index contributed by atoms with van der Waals surface area (Å²) in [5.41, 5.74) is 1.92. The Balaban J connectivity index is 0.868. The zero-order valence-corrected chi connectivity index (χ0v) is 33.7. The average Bonchev–Trinajstić information content (AvgIpc) is 3.67. The third kappa shape index (κ3) is 7.51. The maximum atomic E-state index is 13.7. The van der Waals surface area contributed by atoms with Crippen molar-refractivity contribution in [1.29, 1.82) is 0 Å². The number of rotatable bonds is 8. The number of hydrogen-bond donors (Lipinski definition) is 3. The van der Waals surface area contributed by atoms with Crippen molar-refractivity contribution in [3.63, 3.8) is 0 Å². The van der Waals surface area contributed by atoms with Gasteiger partial charge < -0.3 is 67.4 Å². The van der Waals surface area contributed by atoms with Gasteiger partial charge in [-0.3, -0.25) is 4.79 Å². The minimum atomic E-state index is -0.897. The van der Waals surface area contributed by atoms with Crippen LogP contribution in [0.4, 0.5) is 0 Å². The van der Waals surface area contributed by atoms with Crippen LogP contribution in [0.5, 0.6) is 0 Å². The Kier molecular flexibility index (Phi) is 11.7. The van der Waals surface area contributed by atoms with Crippen molar-refractivity contribution in [1.82, 2.24) is 0 Å². The highest BCUT2D eigenvalue weighted by atomic mass is 16.7. The summed E-state index contributed by atoms with van der Waals surface area (Å²) in [6, 6.07) is 0. The van der Waals surface area contributed by atoms with Crippen LogP contribution in [-0.2, 0) is 56.9 Å². The van der Waals surface area contributed by atoms with Gasteiger partial charge in [-0.1, -0.05) is 18.6 Å². The van der Waals surface area contributed by atoms with Crippen LogP contribution < -0.4 is 0 Å². The van der Waals surface area contributed by atoms with Gasteiger partial charge in [-0.25, -0.2) is 0 Å². The SMILES string of the molecule is CO[C@@H]1C[C@H](O[C@H]2[C@@H](O)C[C@H](O[C@@H]3[C@@H](C)O[C@@H](O[C@@H]4CC5=CC[C@@H]6C(=O)O[C@@H]7CO[C@]8(C)OC=C(CC[C@@H]6[C@@]5(C)C[C@H]4O)[C@H]78)C[C@H]3OC)O[C@@H]2C)O[C@@H](C)[C@@H]1O. The van der Waals surface area contributed by atoms with Crippen LogP contribution in [0.1, 0.15) is 86.0 Å². The first kappa shape index (κ1) is 41.0. The van der Waals surface area contributed by atoms with Gasteiger partial charge in [0.2, 0.25) is 5.79 Å². The molecule has 2 aliphatic carbocycles. The lowest BCUT2D eigenvalue weighted by Gasteiger charge is -2.52. The first-order valence-electron chi connectivity index (χ1n) is 20.6. The molecule has 3 N–H and O–H groups in total. The lowest BCUT2D eigenvalue weighted by Crippen LogP contribution is -2.57. The van der Waals surface area contributed by atoms with E-state index >= 15 is 0 Å². The smallest absolute Gasteiger partial charge is 0.309 e. The third-order valence-corrected chi connectivity index (χ3v) is 14.2. The zero-order chi connectivity index (χ0) is 39.7. The van der Waals surface area contributed by atoms with Crippen molar-refractivity contribution in [2.24, 2.45) is 23.2 Å². The van der Waals surface area contributed by atoms with Crippen molar-refractivity contribution in [3.05, 3.63) is 23.5 Å². The van der Waals surface area contributed by atoms with Crippen LogP contribution in [0, 0.1) is 23.2 Å². The van der Waals surface area contributed by atoms with E-state index in [0.717, 1.165) is 18.4 Å². The first-order chi connectivity index (χ1) is 26.7. The fourth-order valence-corrected chi connectivity index (χ4v) is 11.1. The number of ether oxygens (including phenoxy) is 11. The molecule has 6 fully saturated rings. The topological polar surface area (TPSA) is 179 Å². The van der Waals surface area contributed by atoms with Crippen molar-refractivity contribution < 1.29 is 72.2 Å². The molecule has 8 aliphatic rings. The van der Waals surface area contributed by atoms with Crippen LogP contribution in [0.25, 0.3) is 0 Å². The molecular weight excluding hydrogens is 732 g/mol. The minimum Gasteiger partial charge on any atom is -0.469 e. The lowest BCUT2D eigenvalue weighted by atomic mass is 9.55. The van der Waals surface area contributed by atoms with E-state index in [9.17, 15) is 20.1 Å². The maximum absolute atomic E-state index is 13.7. The molecule has 0 aromatic rings. The Morgan fingerprint density at radius 1 is 0.804 bits per heavy atom. The summed E-state index contributed by atoms with van der Waals surface area (Å²) < 4.78 is 66.9. The predicted molar refractivity (Wildman–Crippen MR) is 194 cm³/mol. The maximum Gasteiger partial charge on any atom is 0.309 e. The van der Waals surface area contributed by atoms with Gasteiger partial charge in [0.25, 0.3) is 0 Å². The van der Waals surface area contributed by atoms with E-state index in [4.69, 9.17) is 52.1 Å². The molecule has 6 aliphatic heterocycles. The molecule has 316 valence electrons. The number of aliphatic hydroxyl groups excluding tert-OH is 3. The summed E-state index contributed by atoms with van der Waals surface area (Å²) in [4.78, 5) is 13.7.